The maximum Gasteiger partial charge on any atom is 0.305 e. The SMILES string of the molecule is COC(=O)CC[C@@H](C)[C@H]1CC[C@H]2[C@@H]3C(OC(C)=O)C[C@@H]4C[C@H](OC)CC[C@]4(C)[C@H]3CC(OC(C)=O)[C@]12C. The summed E-state index contributed by atoms with van der Waals surface area (Å²) in [6, 6.07) is 0. The molecule has 0 aromatic carbocycles. The zero-order valence-electron chi connectivity index (χ0n) is 23.9. The Balaban J connectivity index is 1.71. The Bertz CT molecular complexity index is 872. The van der Waals surface area contributed by atoms with Crippen LogP contribution in [0.15, 0.2) is 0 Å². The Labute approximate surface area is 222 Å². The van der Waals surface area contributed by atoms with Gasteiger partial charge in [0.2, 0.25) is 0 Å². The van der Waals surface area contributed by atoms with Gasteiger partial charge in [-0.2, -0.15) is 0 Å². The molecule has 0 radical (unpaired) electrons. The molecule has 2 unspecified atom stereocenters. The Kier molecular flexibility index (Phi) is 8.33. The minimum atomic E-state index is -0.228. The number of esters is 3. The molecule has 4 aliphatic rings. The van der Waals surface area contributed by atoms with Crippen molar-refractivity contribution in [2.75, 3.05) is 14.2 Å². The number of carbonyl (C=O) groups excluding carboxylic acids is 3. The summed E-state index contributed by atoms with van der Waals surface area (Å²) in [6.45, 7) is 10.0. The fourth-order valence-electron chi connectivity index (χ4n) is 9.64. The van der Waals surface area contributed by atoms with Crippen molar-refractivity contribution in [3.8, 4) is 0 Å². The van der Waals surface area contributed by atoms with Crippen LogP contribution in [-0.4, -0.2) is 50.4 Å². The second-order valence-electron chi connectivity index (χ2n) is 13.0. The van der Waals surface area contributed by atoms with Crippen molar-refractivity contribution in [1.82, 2.24) is 0 Å². The predicted molar refractivity (Wildman–Crippen MR) is 138 cm³/mol. The molecule has 0 heterocycles. The number of fused-ring (bicyclic) bond motifs is 5. The molecule has 0 N–H and O–H groups in total. The second kappa shape index (κ2) is 10.9. The Morgan fingerprint density at radius 2 is 1.62 bits per heavy atom. The third-order valence-corrected chi connectivity index (χ3v) is 11.4. The Hall–Kier alpha value is -1.63. The van der Waals surface area contributed by atoms with Gasteiger partial charge >= 0.3 is 17.9 Å². The van der Waals surface area contributed by atoms with E-state index in [0.29, 0.717) is 36.0 Å². The van der Waals surface area contributed by atoms with Crippen LogP contribution >= 0.6 is 0 Å². The van der Waals surface area contributed by atoms with Crippen LogP contribution in [0, 0.1) is 46.3 Å². The van der Waals surface area contributed by atoms with Crippen molar-refractivity contribution >= 4 is 17.9 Å². The van der Waals surface area contributed by atoms with Gasteiger partial charge in [-0.05, 0) is 86.4 Å². The van der Waals surface area contributed by atoms with Gasteiger partial charge in [0.15, 0.2) is 0 Å². The molecule has 210 valence electrons. The fraction of sp³-hybridized carbons (Fsp3) is 0.900. The lowest BCUT2D eigenvalue weighted by Gasteiger charge is -2.64. The monoisotopic (exact) mass is 520 g/mol. The summed E-state index contributed by atoms with van der Waals surface area (Å²) in [7, 11) is 3.23. The van der Waals surface area contributed by atoms with Crippen molar-refractivity contribution in [3.05, 3.63) is 0 Å². The molecule has 0 aromatic heterocycles. The van der Waals surface area contributed by atoms with Crippen LogP contribution in [-0.2, 0) is 33.3 Å². The van der Waals surface area contributed by atoms with E-state index in [2.05, 4.69) is 20.8 Å². The van der Waals surface area contributed by atoms with Gasteiger partial charge in [0, 0.05) is 38.7 Å². The molecular weight excluding hydrogens is 472 g/mol. The van der Waals surface area contributed by atoms with Crippen LogP contribution < -0.4 is 0 Å². The van der Waals surface area contributed by atoms with E-state index in [1.807, 2.05) is 0 Å². The van der Waals surface area contributed by atoms with Crippen molar-refractivity contribution in [3.63, 3.8) is 0 Å². The fourth-order valence-corrected chi connectivity index (χ4v) is 9.64. The highest BCUT2D eigenvalue weighted by Gasteiger charge is 2.67. The molecule has 0 saturated heterocycles. The summed E-state index contributed by atoms with van der Waals surface area (Å²) in [5.41, 5.74) is -0.127. The summed E-state index contributed by atoms with van der Waals surface area (Å²) in [5.74, 6) is 1.27. The van der Waals surface area contributed by atoms with Crippen molar-refractivity contribution < 1.29 is 33.3 Å². The van der Waals surface area contributed by atoms with Gasteiger partial charge in [-0.15, -0.1) is 0 Å². The van der Waals surface area contributed by atoms with Gasteiger partial charge in [-0.1, -0.05) is 20.8 Å². The molecule has 37 heavy (non-hydrogen) atoms. The van der Waals surface area contributed by atoms with Gasteiger partial charge < -0.3 is 18.9 Å². The number of hydrogen-bond acceptors (Lipinski definition) is 7. The number of hydrogen-bond donors (Lipinski definition) is 0. The Morgan fingerprint density at radius 1 is 0.919 bits per heavy atom. The van der Waals surface area contributed by atoms with E-state index in [-0.39, 0.29) is 53.0 Å². The molecule has 0 aromatic rings. The number of carbonyl (C=O) groups is 3. The topological polar surface area (TPSA) is 88.1 Å². The zero-order valence-corrected chi connectivity index (χ0v) is 23.9. The number of methoxy groups -OCH3 is 2. The highest BCUT2D eigenvalue weighted by Crippen LogP contribution is 2.69. The van der Waals surface area contributed by atoms with E-state index in [1.165, 1.54) is 21.0 Å². The number of rotatable bonds is 7. The molecule has 4 aliphatic carbocycles. The van der Waals surface area contributed by atoms with Crippen LogP contribution in [0.2, 0.25) is 0 Å². The van der Waals surface area contributed by atoms with Gasteiger partial charge in [0.05, 0.1) is 13.2 Å². The van der Waals surface area contributed by atoms with Crippen molar-refractivity contribution in [1.29, 1.82) is 0 Å². The Morgan fingerprint density at radius 3 is 2.24 bits per heavy atom. The smallest absolute Gasteiger partial charge is 0.305 e. The molecule has 4 rings (SSSR count). The normalized spacial score (nSPS) is 43.5. The molecule has 0 amide bonds. The van der Waals surface area contributed by atoms with Gasteiger partial charge in [0.25, 0.3) is 0 Å². The van der Waals surface area contributed by atoms with Crippen LogP contribution in [0.1, 0.15) is 92.4 Å². The minimum Gasteiger partial charge on any atom is -0.469 e. The lowest BCUT2D eigenvalue weighted by molar-refractivity contribution is -0.224. The molecule has 0 aliphatic heterocycles. The first-order valence-electron chi connectivity index (χ1n) is 14.4. The summed E-state index contributed by atoms with van der Waals surface area (Å²) in [5, 5.41) is 0. The van der Waals surface area contributed by atoms with Crippen LogP contribution in [0.25, 0.3) is 0 Å². The average Bonchev–Trinajstić information content (AvgIpc) is 3.20. The number of ether oxygens (including phenoxy) is 4. The van der Waals surface area contributed by atoms with Crippen molar-refractivity contribution in [2.45, 2.75) is 111 Å². The van der Waals surface area contributed by atoms with E-state index in [1.54, 1.807) is 7.11 Å². The average molecular weight is 521 g/mol. The van der Waals surface area contributed by atoms with Gasteiger partial charge in [0.1, 0.15) is 12.2 Å². The lowest BCUT2D eigenvalue weighted by Crippen LogP contribution is -2.63. The summed E-state index contributed by atoms with van der Waals surface area (Å²) >= 11 is 0. The summed E-state index contributed by atoms with van der Waals surface area (Å²) < 4.78 is 23.0. The maximum absolute atomic E-state index is 12.4. The molecule has 7 heteroatoms. The quantitative estimate of drug-likeness (QED) is 0.331. The lowest BCUT2D eigenvalue weighted by atomic mass is 9.43. The van der Waals surface area contributed by atoms with Crippen molar-refractivity contribution in [2.24, 2.45) is 46.3 Å². The zero-order chi connectivity index (χ0) is 27.1. The molecule has 4 fully saturated rings. The first kappa shape index (κ1) is 28.4. The first-order valence-corrected chi connectivity index (χ1v) is 14.4. The molecule has 4 saturated carbocycles. The third kappa shape index (κ3) is 5.06. The summed E-state index contributed by atoms with van der Waals surface area (Å²) in [4.78, 5) is 36.6. The minimum absolute atomic E-state index is 0.102. The summed E-state index contributed by atoms with van der Waals surface area (Å²) in [6.07, 6.45) is 7.95. The van der Waals surface area contributed by atoms with Crippen LogP contribution in [0.3, 0.4) is 0 Å². The largest absolute Gasteiger partial charge is 0.469 e. The molecule has 0 spiro atoms. The molecule has 11 atom stereocenters. The van der Waals surface area contributed by atoms with E-state index >= 15 is 0 Å². The molecular formula is C30H48O7. The highest BCUT2D eigenvalue weighted by molar-refractivity contribution is 5.69. The van der Waals surface area contributed by atoms with Crippen LogP contribution in [0.4, 0.5) is 0 Å². The standard InChI is InChI=1S/C30H48O7/c1-17(8-11-27(33)35-7)22-9-10-23-28-24(16-26(30(22,23)5)37-19(3)32)29(4)13-12-21(34-6)14-20(29)15-25(28)36-18(2)31/h17,20-26,28H,8-16H2,1-7H3/t17-,20+,21-,22-,23+,24+,25?,26?,28+,29+,30-/m1/s1. The van der Waals surface area contributed by atoms with E-state index < -0.39 is 0 Å². The van der Waals surface area contributed by atoms with Gasteiger partial charge in [-0.3, -0.25) is 14.4 Å². The third-order valence-electron chi connectivity index (χ3n) is 11.4. The predicted octanol–water partition coefficient (Wildman–Crippen LogP) is 5.33. The first-order chi connectivity index (χ1) is 17.4. The molecule has 7 nitrogen and oxygen atoms in total. The van der Waals surface area contributed by atoms with E-state index in [4.69, 9.17) is 18.9 Å². The van der Waals surface area contributed by atoms with Gasteiger partial charge in [-0.25, -0.2) is 0 Å². The second-order valence-corrected chi connectivity index (χ2v) is 13.0. The molecule has 0 bridgehead atoms. The maximum atomic E-state index is 12.4. The van der Waals surface area contributed by atoms with Crippen LogP contribution in [0.5, 0.6) is 0 Å². The highest BCUT2D eigenvalue weighted by atomic mass is 16.5. The van der Waals surface area contributed by atoms with E-state index in [0.717, 1.165) is 51.4 Å². The van der Waals surface area contributed by atoms with E-state index in [9.17, 15) is 14.4 Å².